The number of aromatic nitrogens is 4. The molecule has 0 bridgehead atoms. The van der Waals surface area contributed by atoms with Gasteiger partial charge in [-0.3, -0.25) is 13.9 Å². The van der Waals surface area contributed by atoms with E-state index in [0.717, 1.165) is 17.2 Å². The Bertz CT molecular complexity index is 1760. The fourth-order valence-corrected chi connectivity index (χ4v) is 4.92. The van der Waals surface area contributed by atoms with Gasteiger partial charge >= 0.3 is 5.69 Å². The predicted molar refractivity (Wildman–Crippen MR) is 145 cm³/mol. The molecule has 186 valence electrons. The van der Waals surface area contributed by atoms with Crippen LogP contribution < -0.4 is 20.9 Å². The minimum atomic E-state index is -0.450. The fraction of sp³-hybridized carbons (Fsp3) is 0.148. The van der Waals surface area contributed by atoms with E-state index in [-0.39, 0.29) is 6.54 Å². The number of benzene rings is 3. The monoisotopic (exact) mass is 533 g/mol. The van der Waals surface area contributed by atoms with Gasteiger partial charge in [-0.1, -0.05) is 47.5 Å². The summed E-state index contributed by atoms with van der Waals surface area (Å²) in [5.41, 5.74) is 1.52. The van der Waals surface area contributed by atoms with E-state index in [1.54, 1.807) is 25.2 Å². The molecule has 0 unspecified atom stereocenters. The summed E-state index contributed by atoms with van der Waals surface area (Å²) in [6.45, 7) is 1.28. The Morgan fingerprint density at radius 3 is 2.35 bits per heavy atom. The van der Waals surface area contributed by atoms with Crippen molar-refractivity contribution in [2.24, 2.45) is 7.05 Å². The van der Waals surface area contributed by atoms with E-state index in [0.29, 0.717) is 45.8 Å². The molecular formula is C27H21Cl2N5O3. The van der Waals surface area contributed by atoms with Crippen LogP contribution in [0.2, 0.25) is 10.0 Å². The third-order valence-electron chi connectivity index (χ3n) is 6.45. The standard InChI is InChI=1S/C27H21Cl2N5O3/c1-31-24-23(25(35)34(27(31)36)16-17-7-12-21(28)22(29)15-17)33-14-13-32(26(33)30-24)18-8-10-20(11-9-18)37-19-5-3-2-4-6-19/h2-12,15H,13-14,16H2,1H3. The molecule has 0 saturated heterocycles. The van der Waals surface area contributed by atoms with Crippen molar-refractivity contribution >= 4 is 46.0 Å². The van der Waals surface area contributed by atoms with Crippen LogP contribution in [0.1, 0.15) is 5.56 Å². The van der Waals surface area contributed by atoms with E-state index < -0.39 is 11.2 Å². The molecule has 0 N–H and O–H groups in total. The van der Waals surface area contributed by atoms with E-state index in [4.69, 9.17) is 32.9 Å². The summed E-state index contributed by atoms with van der Waals surface area (Å²) in [6.07, 6.45) is 0. The molecule has 0 saturated carbocycles. The Morgan fingerprint density at radius 1 is 0.892 bits per heavy atom. The molecule has 0 atom stereocenters. The van der Waals surface area contributed by atoms with Gasteiger partial charge in [0.1, 0.15) is 11.5 Å². The van der Waals surface area contributed by atoms with Gasteiger partial charge < -0.3 is 14.2 Å². The summed E-state index contributed by atoms with van der Waals surface area (Å²) in [5.74, 6) is 2.10. The highest BCUT2D eigenvalue weighted by Gasteiger charge is 2.28. The zero-order valence-electron chi connectivity index (χ0n) is 19.8. The van der Waals surface area contributed by atoms with Gasteiger partial charge in [0, 0.05) is 25.8 Å². The van der Waals surface area contributed by atoms with E-state index >= 15 is 0 Å². The molecule has 0 radical (unpaired) electrons. The lowest BCUT2D eigenvalue weighted by Gasteiger charge is -2.16. The Balaban J connectivity index is 1.36. The molecule has 0 aliphatic carbocycles. The van der Waals surface area contributed by atoms with Crippen LogP contribution in [0.15, 0.2) is 82.4 Å². The highest BCUT2D eigenvalue weighted by Crippen LogP contribution is 2.33. The van der Waals surface area contributed by atoms with Gasteiger partial charge in [0.2, 0.25) is 5.95 Å². The smallest absolute Gasteiger partial charge is 0.332 e. The largest absolute Gasteiger partial charge is 0.457 e. The van der Waals surface area contributed by atoms with Crippen LogP contribution in [0, 0.1) is 0 Å². The summed E-state index contributed by atoms with van der Waals surface area (Å²) in [5, 5.41) is 0.778. The number of anilines is 2. The van der Waals surface area contributed by atoms with Crippen molar-refractivity contribution in [1.82, 2.24) is 18.7 Å². The quantitative estimate of drug-likeness (QED) is 0.310. The molecule has 6 rings (SSSR count). The Kier molecular flexibility index (Phi) is 5.78. The lowest BCUT2D eigenvalue weighted by atomic mass is 10.2. The zero-order valence-corrected chi connectivity index (χ0v) is 21.3. The average molecular weight is 534 g/mol. The maximum atomic E-state index is 13.5. The lowest BCUT2D eigenvalue weighted by molar-refractivity contribution is 0.482. The molecule has 3 aromatic carbocycles. The number of imidazole rings is 1. The summed E-state index contributed by atoms with van der Waals surface area (Å²) in [4.78, 5) is 33.4. The SMILES string of the molecule is Cn1c(=O)n(Cc2ccc(Cl)c(Cl)c2)c(=O)c2c1nc1n2CCN1c1ccc(Oc2ccccc2)cc1. The third kappa shape index (κ3) is 4.08. The second kappa shape index (κ2) is 9.14. The van der Waals surface area contributed by atoms with Crippen LogP contribution in [-0.4, -0.2) is 25.2 Å². The van der Waals surface area contributed by atoms with E-state index in [9.17, 15) is 9.59 Å². The van der Waals surface area contributed by atoms with E-state index in [1.807, 2.05) is 64.1 Å². The van der Waals surface area contributed by atoms with Gasteiger partial charge in [-0.05, 0) is 54.1 Å². The number of para-hydroxylation sites is 1. The Labute approximate surface area is 221 Å². The number of aryl methyl sites for hydroxylation is 1. The van der Waals surface area contributed by atoms with Crippen molar-refractivity contribution in [3.8, 4) is 11.5 Å². The molecule has 0 spiro atoms. The van der Waals surface area contributed by atoms with Crippen LogP contribution in [-0.2, 0) is 20.1 Å². The Hall–Kier alpha value is -4.01. The van der Waals surface area contributed by atoms with Crippen molar-refractivity contribution in [3.05, 3.63) is 109 Å². The van der Waals surface area contributed by atoms with Crippen LogP contribution in [0.25, 0.3) is 11.2 Å². The van der Waals surface area contributed by atoms with Crippen LogP contribution in [0.5, 0.6) is 11.5 Å². The number of ether oxygens (including phenoxy) is 1. The topological polar surface area (TPSA) is 74.3 Å². The van der Waals surface area contributed by atoms with Gasteiger partial charge in [0.25, 0.3) is 5.56 Å². The Morgan fingerprint density at radius 2 is 1.62 bits per heavy atom. The summed E-state index contributed by atoms with van der Waals surface area (Å²) in [6, 6.07) is 22.3. The normalized spacial score (nSPS) is 12.8. The number of nitrogens with zero attached hydrogens (tertiary/aromatic N) is 5. The van der Waals surface area contributed by atoms with Crippen molar-refractivity contribution < 1.29 is 4.74 Å². The number of rotatable bonds is 5. The number of halogens is 2. The van der Waals surface area contributed by atoms with Crippen molar-refractivity contribution in [1.29, 1.82) is 0 Å². The zero-order chi connectivity index (χ0) is 25.7. The lowest BCUT2D eigenvalue weighted by Crippen LogP contribution is -2.40. The molecule has 10 heteroatoms. The van der Waals surface area contributed by atoms with Crippen molar-refractivity contribution in [2.45, 2.75) is 13.1 Å². The molecule has 0 fully saturated rings. The number of fused-ring (bicyclic) bond motifs is 3. The van der Waals surface area contributed by atoms with Crippen molar-refractivity contribution in [3.63, 3.8) is 0 Å². The van der Waals surface area contributed by atoms with Gasteiger partial charge in [0.15, 0.2) is 11.2 Å². The summed E-state index contributed by atoms with van der Waals surface area (Å²) in [7, 11) is 1.62. The number of hydrogen-bond donors (Lipinski definition) is 0. The predicted octanol–water partition coefficient (Wildman–Crippen LogP) is 5.20. The second-order valence-corrected chi connectivity index (χ2v) is 9.59. The molecule has 5 aromatic rings. The third-order valence-corrected chi connectivity index (χ3v) is 7.19. The first kappa shape index (κ1) is 23.4. The second-order valence-electron chi connectivity index (χ2n) is 8.78. The molecule has 0 amide bonds. The summed E-state index contributed by atoms with van der Waals surface area (Å²) < 4.78 is 10.4. The highest BCUT2D eigenvalue weighted by atomic mass is 35.5. The number of hydrogen-bond acceptors (Lipinski definition) is 5. The van der Waals surface area contributed by atoms with Crippen LogP contribution in [0.3, 0.4) is 0 Å². The molecular weight excluding hydrogens is 513 g/mol. The van der Waals surface area contributed by atoms with E-state index in [2.05, 4.69) is 0 Å². The van der Waals surface area contributed by atoms with Crippen LogP contribution in [0.4, 0.5) is 11.6 Å². The van der Waals surface area contributed by atoms with Gasteiger partial charge in [-0.25, -0.2) is 4.79 Å². The van der Waals surface area contributed by atoms with E-state index in [1.165, 1.54) is 9.13 Å². The van der Waals surface area contributed by atoms with Gasteiger partial charge in [-0.2, -0.15) is 4.98 Å². The first-order valence-electron chi connectivity index (χ1n) is 11.7. The average Bonchev–Trinajstić information content (AvgIpc) is 3.48. The van der Waals surface area contributed by atoms with Crippen molar-refractivity contribution in [2.75, 3.05) is 11.4 Å². The maximum Gasteiger partial charge on any atom is 0.332 e. The fourth-order valence-electron chi connectivity index (χ4n) is 4.60. The molecule has 2 aromatic heterocycles. The molecule has 3 heterocycles. The first-order valence-corrected chi connectivity index (χ1v) is 12.4. The first-order chi connectivity index (χ1) is 17.9. The maximum absolute atomic E-state index is 13.5. The minimum Gasteiger partial charge on any atom is -0.457 e. The van der Waals surface area contributed by atoms with Gasteiger partial charge in [0.05, 0.1) is 16.6 Å². The molecule has 8 nitrogen and oxygen atoms in total. The molecule has 37 heavy (non-hydrogen) atoms. The highest BCUT2D eigenvalue weighted by molar-refractivity contribution is 6.42. The molecule has 1 aliphatic heterocycles. The van der Waals surface area contributed by atoms with Crippen LogP contribution >= 0.6 is 23.2 Å². The molecule has 1 aliphatic rings. The van der Waals surface area contributed by atoms with Gasteiger partial charge in [-0.15, -0.1) is 0 Å². The minimum absolute atomic E-state index is 0.0748. The summed E-state index contributed by atoms with van der Waals surface area (Å²) >= 11 is 12.2.